The Morgan fingerprint density at radius 2 is 2.05 bits per heavy atom. The highest BCUT2D eigenvalue weighted by molar-refractivity contribution is 5.55. The molecule has 0 spiro atoms. The molecule has 0 fully saturated rings. The summed E-state index contributed by atoms with van der Waals surface area (Å²) in [5.41, 5.74) is -0.305. The van der Waals surface area contributed by atoms with Crippen LogP contribution in [0, 0.1) is 5.92 Å². The van der Waals surface area contributed by atoms with Gasteiger partial charge in [-0.15, -0.1) is 0 Å². The first-order chi connectivity index (χ1) is 9.36. The van der Waals surface area contributed by atoms with Gasteiger partial charge in [0.05, 0.1) is 5.56 Å². The number of nitrogens with one attached hydrogen (secondary N) is 1. The van der Waals surface area contributed by atoms with Crippen molar-refractivity contribution in [3.8, 4) is 0 Å². The molecular weight excluding hydrogens is 267 g/mol. The van der Waals surface area contributed by atoms with E-state index in [1.807, 2.05) is 4.57 Å². The Morgan fingerprint density at radius 1 is 1.30 bits per heavy atom. The Balaban J connectivity index is 2.20. The van der Waals surface area contributed by atoms with Gasteiger partial charge in [-0.25, -0.2) is 4.98 Å². The van der Waals surface area contributed by atoms with Crippen LogP contribution in [0.3, 0.4) is 0 Å². The van der Waals surface area contributed by atoms with Gasteiger partial charge in [0.1, 0.15) is 0 Å². The molecule has 3 nitrogen and oxygen atoms in total. The van der Waals surface area contributed by atoms with Gasteiger partial charge >= 0.3 is 6.18 Å². The van der Waals surface area contributed by atoms with Crippen LogP contribution in [0.1, 0.15) is 19.4 Å². The Hall–Kier alpha value is -1.98. The van der Waals surface area contributed by atoms with Crippen molar-refractivity contribution >= 4 is 11.6 Å². The third-order valence-corrected chi connectivity index (χ3v) is 2.72. The van der Waals surface area contributed by atoms with E-state index in [9.17, 15) is 13.2 Å². The van der Waals surface area contributed by atoms with Gasteiger partial charge in [-0.05, 0) is 24.1 Å². The van der Waals surface area contributed by atoms with E-state index in [0.717, 1.165) is 18.7 Å². The smallest absolute Gasteiger partial charge is 0.326 e. The highest BCUT2D eigenvalue weighted by Gasteiger charge is 2.30. The summed E-state index contributed by atoms with van der Waals surface area (Å²) in [7, 11) is 0. The van der Waals surface area contributed by atoms with Crippen LogP contribution in [-0.4, -0.2) is 9.55 Å². The maximum atomic E-state index is 12.6. The fraction of sp³-hybridized carbons (Fsp3) is 0.357. The normalized spacial score (nSPS) is 11.9. The molecule has 0 saturated carbocycles. The van der Waals surface area contributed by atoms with E-state index in [-0.39, 0.29) is 0 Å². The minimum absolute atomic E-state index is 0.371. The van der Waals surface area contributed by atoms with E-state index < -0.39 is 11.7 Å². The maximum absolute atomic E-state index is 12.6. The molecule has 2 rings (SSSR count). The van der Waals surface area contributed by atoms with Crippen LogP contribution in [0.4, 0.5) is 24.8 Å². The summed E-state index contributed by atoms with van der Waals surface area (Å²) in [5, 5.41) is 2.92. The summed E-state index contributed by atoms with van der Waals surface area (Å²) < 4.78 is 39.8. The Labute approximate surface area is 115 Å². The summed E-state index contributed by atoms with van der Waals surface area (Å²) >= 11 is 0. The number of alkyl halides is 3. The van der Waals surface area contributed by atoms with Crippen LogP contribution in [0.25, 0.3) is 0 Å². The van der Waals surface area contributed by atoms with Crippen molar-refractivity contribution in [2.45, 2.75) is 26.6 Å². The highest BCUT2D eigenvalue weighted by Crippen LogP contribution is 2.31. The lowest BCUT2D eigenvalue weighted by Gasteiger charge is -2.13. The predicted octanol–water partition coefficient (Wildman–Crippen LogP) is 4.30. The molecule has 1 N–H and O–H groups in total. The second kappa shape index (κ2) is 5.56. The summed E-state index contributed by atoms with van der Waals surface area (Å²) in [6.45, 7) is 4.88. The van der Waals surface area contributed by atoms with Crippen molar-refractivity contribution in [3.63, 3.8) is 0 Å². The third kappa shape index (κ3) is 3.53. The van der Waals surface area contributed by atoms with Gasteiger partial charge in [-0.3, -0.25) is 0 Å². The summed E-state index contributed by atoms with van der Waals surface area (Å²) in [6, 6.07) is 5.09. The molecule has 0 unspecified atom stereocenters. The van der Waals surface area contributed by atoms with E-state index in [4.69, 9.17) is 0 Å². The Kier molecular flexibility index (Phi) is 4.01. The number of benzene rings is 1. The van der Waals surface area contributed by atoms with Crippen LogP contribution >= 0.6 is 0 Å². The van der Waals surface area contributed by atoms with Crippen LogP contribution in [0.2, 0.25) is 0 Å². The fourth-order valence-corrected chi connectivity index (χ4v) is 1.88. The largest absolute Gasteiger partial charge is 0.416 e. The number of nitrogens with zero attached hydrogens (tertiary/aromatic N) is 2. The summed E-state index contributed by atoms with van der Waals surface area (Å²) in [4.78, 5) is 4.13. The van der Waals surface area contributed by atoms with Gasteiger partial charge in [-0.1, -0.05) is 19.9 Å². The maximum Gasteiger partial charge on any atom is 0.416 e. The second-order valence-corrected chi connectivity index (χ2v) is 5.00. The molecule has 0 bridgehead atoms. The van der Waals surface area contributed by atoms with Crippen molar-refractivity contribution in [2.75, 3.05) is 5.32 Å². The molecular formula is C14H16F3N3. The zero-order valence-electron chi connectivity index (χ0n) is 11.3. The lowest BCUT2D eigenvalue weighted by molar-refractivity contribution is -0.137. The minimum Gasteiger partial charge on any atom is -0.326 e. The topological polar surface area (TPSA) is 29.9 Å². The lowest BCUT2D eigenvalue weighted by Crippen LogP contribution is -2.08. The SMILES string of the molecule is CC(C)Cn1ccnc1Nc1cccc(C(F)(F)F)c1. The van der Waals surface area contributed by atoms with Gasteiger partial charge in [0.2, 0.25) is 5.95 Å². The quantitative estimate of drug-likeness (QED) is 0.906. The van der Waals surface area contributed by atoms with Crippen LogP contribution < -0.4 is 5.32 Å². The third-order valence-electron chi connectivity index (χ3n) is 2.72. The summed E-state index contributed by atoms with van der Waals surface area (Å²) in [6.07, 6.45) is -0.917. The average molecular weight is 283 g/mol. The molecule has 1 aromatic heterocycles. The number of hydrogen-bond acceptors (Lipinski definition) is 2. The van der Waals surface area contributed by atoms with E-state index in [1.165, 1.54) is 6.07 Å². The van der Waals surface area contributed by atoms with Gasteiger partial charge in [0.15, 0.2) is 0 Å². The van der Waals surface area contributed by atoms with Crippen molar-refractivity contribution in [1.82, 2.24) is 9.55 Å². The second-order valence-electron chi connectivity index (χ2n) is 5.00. The zero-order chi connectivity index (χ0) is 14.8. The van der Waals surface area contributed by atoms with E-state index in [0.29, 0.717) is 17.6 Å². The Morgan fingerprint density at radius 3 is 2.70 bits per heavy atom. The molecule has 0 aliphatic heterocycles. The lowest BCUT2D eigenvalue weighted by atomic mass is 10.2. The van der Waals surface area contributed by atoms with Crippen LogP contribution in [-0.2, 0) is 12.7 Å². The number of rotatable bonds is 4. The zero-order valence-corrected chi connectivity index (χ0v) is 11.3. The predicted molar refractivity (Wildman–Crippen MR) is 71.8 cm³/mol. The van der Waals surface area contributed by atoms with Crippen molar-refractivity contribution < 1.29 is 13.2 Å². The van der Waals surface area contributed by atoms with Gasteiger partial charge in [0.25, 0.3) is 0 Å². The first-order valence-electron chi connectivity index (χ1n) is 6.31. The average Bonchev–Trinajstić information content (AvgIpc) is 2.75. The number of anilines is 2. The molecule has 0 aliphatic rings. The molecule has 0 aliphatic carbocycles. The molecule has 108 valence electrons. The molecule has 20 heavy (non-hydrogen) atoms. The van der Waals surface area contributed by atoms with E-state index in [2.05, 4.69) is 24.1 Å². The monoisotopic (exact) mass is 283 g/mol. The van der Waals surface area contributed by atoms with Crippen molar-refractivity contribution in [2.24, 2.45) is 5.92 Å². The Bertz CT molecular complexity index is 573. The first kappa shape index (κ1) is 14.4. The van der Waals surface area contributed by atoms with Crippen molar-refractivity contribution in [3.05, 3.63) is 42.2 Å². The van der Waals surface area contributed by atoms with E-state index in [1.54, 1.807) is 18.5 Å². The summed E-state index contributed by atoms with van der Waals surface area (Å²) in [5.74, 6) is 0.962. The molecule has 0 radical (unpaired) electrons. The van der Waals surface area contributed by atoms with Crippen LogP contribution in [0.5, 0.6) is 0 Å². The fourth-order valence-electron chi connectivity index (χ4n) is 1.88. The molecule has 6 heteroatoms. The van der Waals surface area contributed by atoms with Gasteiger partial charge in [-0.2, -0.15) is 13.2 Å². The molecule has 1 heterocycles. The molecule has 1 aromatic carbocycles. The van der Waals surface area contributed by atoms with Crippen molar-refractivity contribution in [1.29, 1.82) is 0 Å². The number of imidazole rings is 1. The van der Waals surface area contributed by atoms with E-state index >= 15 is 0 Å². The number of halogens is 3. The van der Waals surface area contributed by atoms with Gasteiger partial charge < -0.3 is 9.88 Å². The van der Waals surface area contributed by atoms with Crippen LogP contribution in [0.15, 0.2) is 36.7 Å². The number of hydrogen-bond donors (Lipinski definition) is 1. The molecule has 0 saturated heterocycles. The molecule has 0 amide bonds. The number of aromatic nitrogens is 2. The molecule has 2 aromatic rings. The standard InChI is InChI=1S/C14H16F3N3/c1-10(2)9-20-7-6-18-13(20)19-12-5-3-4-11(8-12)14(15,16)17/h3-8,10H,9H2,1-2H3,(H,18,19). The van der Waals surface area contributed by atoms with Gasteiger partial charge in [0, 0.05) is 24.6 Å². The molecule has 0 atom stereocenters. The minimum atomic E-state index is -4.34. The first-order valence-corrected chi connectivity index (χ1v) is 6.31. The highest BCUT2D eigenvalue weighted by atomic mass is 19.4.